The molecule has 1 N–H and O–H groups in total. The Bertz CT molecular complexity index is 540. The van der Waals surface area contributed by atoms with E-state index in [1.165, 1.54) is 0 Å². The first-order chi connectivity index (χ1) is 8.69. The highest BCUT2D eigenvalue weighted by atomic mass is 79.9. The first-order valence-corrected chi connectivity index (χ1v) is 6.22. The number of ether oxygens (including phenoxy) is 2. The Morgan fingerprint density at radius 3 is 2.72 bits per heavy atom. The second-order valence-electron chi connectivity index (χ2n) is 3.74. The summed E-state index contributed by atoms with van der Waals surface area (Å²) in [7, 11) is 1.62. The van der Waals surface area contributed by atoms with Gasteiger partial charge in [-0.2, -0.15) is 0 Å². The molecule has 0 radical (unpaired) electrons. The van der Waals surface area contributed by atoms with Crippen LogP contribution in [0.3, 0.4) is 0 Å². The van der Waals surface area contributed by atoms with E-state index >= 15 is 0 Å². The quantitative estimate of drug-likeness (QED) is 0.935. The Kier molecular flexibility index (Phi) is 4.10. The third-order valence-electron chi connectivity index (χ3n) is 2.46. The number of hydrogen-bond donors (Lipinski definition) is 1. The van der Waals surface area contributed by atoms with Gasteiger partial charge in [0.25, 0.3) is 0 Å². The average molecular weight is 309 g/mol. The van der Waals surface area contributed by atoms with Crippen molar-refractivity contribution in [1.82, 2.24) is 0 Å². The summed E-state index contributed by atoms with van der Waals surface area (Å²) in [5.74, 6) is 1.58. The zero-order chi connectivity index (χ0) is 13.0. The summed E-state index contributed by atoms with van der Waals surface area (Å²) in [6, 6.07) is 12.5. The van der Waals surface area contributed by atoms with Crippen LogP contribution in [-0.4, -0.2) is 12.2 Å². The molecule has 2 aromatic carbocycles. The lowest BCUT2D eigenvalue weighted by Crippen LogP contribution is -1.98. The smallest absolute Gasteiger partial charge is 0.126 e. The maximum absolute atomic E-state index is 9.34. The maximum atomic E-state index is 9.34. The minimum atomic E-state index is 0.190. The van der Waals surface area contributed by atoms with Crippen LogP contribution >= 0.6 is 15.9 Å². The molecule has 2 rings (SSSR count). The number of aromatic hydroxyl groups is 1. The van der Waals surface area contributed by atoms with Crippen molar-refractivity contribution in [3.8, 4) is 17.2 Å². The van der Waals surface area contributed by atoms with Crippen molar-refractivity contribution in [1.29, 1.82) is 0 Å². The molecule has 0 unspecified atom stereocenters. The van der Waals surface area contributed by atoms with Crippen molar-refractivity contribution in [3.63, 3.8) is 0 Å². The van der Waals surface area contributed by atoms with Gasteiger partial charge in [0, 0.05) is 16.1 Å². The molecule has 0 aliphatic carbocycles. The number of phenolic OH excluding ortho intramolecular Hbond substituents is 1. The fourth-order valence-corrected chi connectivity index (χ4v) is 1.91. The van der Waals surface area contributed by atoms with Crippen LogP contribution in [0.25, 0.3) is 0 Å². The van der Waals surface area contributed by atoms with Crippen LogP contribution in [0.2, 0.25) is 0 Å². The molecule has 0 fully saturated rings. The lowest BCUT2D eigenvalue weighted by atomic mass is 10.2. The molecule has 0 bridgehead atoms. The SMILES string of the molecule is COc1cc(Br)ccc1COc1cccc(O)c1. The summed E-state index contributed by atoms with van der Waals surface area (Å²) in [5.41, 5.74) is 0.948. The lowest BCUT2D eigenvalue weighted by molar-refractivity contribution is 0.295. The van der Waals surface area contributed by atoms with Crippen molar-refractivity contribution in [2.75, 3.05) is 7.11 Å². The van der Waals surface area contributed by atoms with E-state index in [1.807, 2.05) is 18.2 Å². The van der Waals surface area contributed by atoms with E-state index < -0.39 is 0 Å². The number of rotatable bonds is 4. The first kappa shape index (κ1) is 12.8. The Morgan fingerprint density at radius 1 is 1.17 bits per heavy atom. The molecule has 0 aliphatic rings. The predicted molar refractivity (Wildman–Crippen MR) is 73.1 cm³/mol. The van der Waals surface area contributed by atoms with Crippen molar-refractivity contribution in [3.05, 3.63) is 52.5 Å². The van der Waals surface area contributed by atoms with E-state index in [1.54, 1.807) is 31.4 Å². The van der Waals surface area contributed by atoms with Gasteiger partial charge in [-0.15, -0.1) is 0 Å². The van der Waals surface area contributed by atoms with Gasteiger partial charge in [0.05, 0.1) is 7.11 Å². The Balaban J connectivity index is 2.10. The van der Waals surface area contributed by atoms with Crippen LogP contribution in [0.5, 0.6) is 17.2 Å². The van der Waals surface area contributed by atoms with E-state index in [4.69, 9.17) is 9.47 Å². The van der Waals surface area contributed by atoms with E-state index in [-0.39, 0.29) is 5.75 Å². The van der Waals surface area contributed by atoms with Crippen LogP contribution < -0.4 is 9.47 Å². The number of hydrogen-bond acceptors (Lipinski definition) is 3. The molecule has 0 amide bonds. The van der Waals surface area contributed by atoms with E-state index in [0.717, 1.165) is 15.8 Å². The second kappa shape index (κ2) is 5.78. The molecule has 18 heavy (non-hydrogen) atoms. The van der Waals surface area contributed by atoms with Gasteiger partial charge in [-0.05, 0) is 24.3 Å². The zero-order valence-electron chi connectivity index (χ0n) is 9.89. The Hall–Kier alpha value is -1.68. The van der Waals surface area contributed by atoms with Crippen LogP contribution in [0.4, 0.5) is 0 Å². The number of halogens is 1. The molecular formula is C14H13BrO3. The molecule has 3 nitrogen and oxygen atoms in total. The van der Waals surface area contributed by atoms with Crippen LogP contribution in [0, 0.1) is 0 Å². The number of methoxy groups -OCH3 is 1. The van der Waals surface area contributed by atoms with Gasteiger partial charge in [0.1, 0.15) is 23.9 Å². The van der Waals surface area contributed by atoms with Crippen molar-refractivity contribution >= 4 is 15.9 Å². The predicted octanol–water partition coefficient (Wildman–Crippen LogP) is 3.74. The largest absolute Gasteiger partial charge is 0.508 e. The highest BCUT2D eigenvalue weighted by Crippen LogP contribution is 2.25. The third-order valence-corrected chi connectivity index (χ3v) is 2.95. The fourth-order valence-electron chi connectivity index (χ4n) is 1.57. The first-order valence-electron chi connectivity index (χ1n) is 5.43. The van der Waals surface area contributed by atoms with Crippen LogP contribution in [-0.2, 0) is 6.61 Å². The number of phenols is 1. The van der Waals surface area contributed by atoms with Gasteiger partial charge >= 0.3 is 0 Å². The molecule has 94 valence electrons. The monoisotopic (exact) mass is 308 g/mol. The molecular weight excluding hydrogens is 296 g/mol. The van der Waals surface area contributed by atoms with Gasteiger partial charge < -0.3 is 14.6 Å². The summed E-state index contributed by atoms with van der Waals surface area (Å²) in [6.07, 6.45) is 0. The standard InChI is InChI=1S/C14H13BrO3/c1-17-14-7-11(15)6-5-10(14)9-18-13-4-2-3-12(16)8-13/h2-8,16H,9H2,1H3. The molecule has 0 aromatic heterocycles. The normalized spacial score (nSPS) is 10.1. The molecule has 0 heterocycles. The van der Waals surface area contributed by atoms with Crippen LogP contribution in [0.1, 0.15) is 5.56 Å². The zero-order valence-corrected chi connectivity index (χ0v) is 11.5. The summed E-state index contributed by atoms with van der Waals surface area (Å²) in [4.78, 5) is 0. The topological polar surface area (TPSA) is 38.7 Å². The molecule has 0 atom stereocenters. The van der Waals surface area contributed by atoms with Gasteiger partial charge in [-0.25, -0.2) is 0 Å². The van der Waals surface area contributed by atoms with Gasteiger partial charge in [-0.3, -0.25) is 0 Å². The average Bonchev–Trinajstić information content (AvgIpc) is 2.37. The maximum Gasteiger partial charge on any atom is 0.126 e. The highest BCUT2D eigenvalue weighted by molar-refractivity contribution is 9.10. The highest BCUT2D eigenvalue weighted by Gasteiger charge is 2.05. The number of benzene rings is 2. The van der Waals surface area contributed by atoms with Gasteiger partial charge in [-0.1, -0.05) is 28.1 Å². The molecule has 4 heteroatoms. The summed E-state index contributed by atoms with van der Waals surface area (Å²) in [5, 5.41) is 9.34. The van der Waals surface area contributed by atoms with Gasteiger partial charge in [0.15, 0.2) is 0 Å². The van der Waals surface area contributed by atoms with E-state index in [2.05, 4.69) is 15.9 Å². The lowest BCUT2D eigenvalue weighted by Gasteiger charge is -2.10. The minimum absolute atomic E-state index is 0.190. The van der Waals surface area contributed by atoms with Crippen molar-refractivity contribution < 1.29 is 14.6 Å². The summed E-state index contributed by atoms with van der Waals surface area (Å²) >= 11 is 3.39. The third kappa shape index (κ3) is 3.17. The molecule has 0 saturated heterocycles. The molecule has 0 spiro atoms. The minimum Gasteiger partial charge on any atom is -0.508 e. The molecule has 2 aromatic rings. The molecule has 0 saturated carbocycles. The van der Waals surface area contributed by atoms with Crippen LogP contribution in [0.15, 0.2) is 46.9 Å². The van der Waals surface area contributed by atoms with Crippen molar-refractivity contribution in [2.45, 2.75) is 6.61 Å². The van der Waals surface area contributed by atoms with E-state index in [9.17, 15) is 5.11 Å². The Labute approximate surface area is 114 Å². The fraction of sp³-hybridized carbons (Fsp3) is 0.143. The Morgan fingerprint density at radius 2 is 2.00 bits per heavy atom. The van der Waals surface area contributed by atoms with Crippen molar-refractivity contribution in [2.24, 2.45) is 0 Å². The molecule has 0 aliphatic heterocycles. The summed E-state index contributed by atoms with van der Waals surface area (Å²) < 4.78 is 11.8. The van der Waals surface area contributed by atoms with Gasteiger partial charge in [0.2, 0.25) is 0 Å². The second-order valence-corrected chi connectivity index (χ2v) is 4.66. The summed E-state index contributed by atoms with van der Waals surface area (Å²) in [6.45, 7) is 0.389. The van der Waals surface area contributed by atoms with E-state index in [0.29, 0.717) is 12.4 Å².